The van der Waals surface area contributed by atoms with Crippen LogP contribution in [0.2, 0.25) is 0 Å². The highest BCUT2D eigenvalue weighted by Crippen LogP contribution is 2.23. The molecule has 3 aromatic heterocycles. The molecule has 0 atom stereocenters. The fourth-order valence-electron chi connectivity index (χ4n) is 2.64. The number of hydrogen-bond acceptors (Lipinski definition) is 5. The zero-order chi connectivity index (χ0) is 17.8. The third kappa shape index (κ3) is 3.23. The van der Waals surface area contributed by atoms with Crippen molar-refractivity contribution in [3.63, 3.8) is 0 Å². The molecule has 1 aromatic carbocycles. The van der Waals surface area contributed by atoms with Crippen molar-refractivity contribution in [3.05, 3.63) is 72.8 Å². The van der Waals surface area contributed by atoms with Gasteiger partial charge in [-0.2, -0.15) is 5.10 Å². The lowest BCUT2D eigenvalue weighted by atomic mass is 10.3. The maximum absolute atomic E-state index is 12.3. The number of hydrogen-bond donors (Lipinski definition) is 1. The molecule has 0 aliphatic heterocycles. The van der Waals surface area contributed by atoms with E-state index in [9.17, 15) is 4.79 Å². The molecule has 0 aliphatic rings. The maximum atomic E-state index is 12.3. The van der Waals surface area contributed by atoms with Crippen LogP contribution < -0.4 is 5.43 Å². The molecular formula is C19H15N5O2. The van der Waals surface area contributed by atoms with Gasteiger partial charge in [-0.1, -0.05) is 18.2 Å². The van der Waals surface area contributed by atoms with Gasteiger partial charge in [-0.15, -0.1) is 0 Å². The molecule has 0 saturated carbocycles. The Bertz CT molecular complexity index is 1050. The number of furan rings is 1. The first-order chi connectivity index (χ1) is 12.8. The van der Waals surface area contributed by atoms with Crippen molar-refractivity contribution < 1.29 is 9.21 Å². The van der Waals surface area contributed by atoms with Gasteiger partial charge in [0.1, 0.15) is 18.0 Å². The van der Waals surface area contributed by atoms with Crippen molar-refractivity contribution >= 4 is 23.2 Å². The summed E-state index contributed by atoms with van der Waals surface area (Å²) in [6, 6.07) is 16.7. The predicted octanol–water partition coefficient (Wildman–Crippen LogP) is 2.84. The highest BCUT2D eigenvalue weighted by molar-refractivity contribution is 5.85. The highest BCUT2D eigenvalue weighted by Gasteiger charge is 2.15. The second-order valence-corrected chi connectivity index (χ2v) is 5.53. The molecule has 0 spiro atoms. The predicted molar refractivity (Wildman–Crippen MR) is 97.4 cm³/mol. The standard InChI is InChI=1S/C19H15N5O2/c25-18(23-21-12-14-6-5-11-26-14)13-24-17-9-2-1-7-15(17)22-19(24)16-8-3-4-10-20-16/h1-12H,13H2,(H,23,25). The molecule has 7 heteroatoms. The number of imidazole rings is 1. The second kappa shape index (κ2) is 7.02. The van der Waals surface area contributed by atoms with E-state index in [1.54, 1.807) is 24.6 Å². The van der Waals surface area contributed by atoms with E-state index in [1.807, 2.05) is 47.0 Å². The van der Waals surface area contributed by atoms with E-state index in [0.717, 1.165) is 11.0 Å². The van der Waals surface area contributed by atoms with E-state index >= 15 is 0 Å². The van der Waals surface area contributed by atoms with Gasteiger partial charge in [0.2, 0.25) is 0 Å². The van der Waals surface area contributed by atoms with E-state index in [4.69, 9.17) is 4.42 Å². The number of carbonyl (C=O) groups is 1. The summed E-state index contributed by atoms with van der Waals surface area (Å²) in [4.78, 5) is 21.3. The van der Waals surface area contributed by atoms with E-state index in [1.165, 1.54) is 6.21 Å². The lowest BCUT2D eigenvalue weighted by molar-refractivity contribution is -0.121. The SMILES string of the molecule is O=C(Cn1c(-c2ccccn2)nc2ccccc21)NN=Cc1ccco1. The van der Waals surface area contributed by atoms with Crippen LogP contribution in [0.3, 0.4) is 0 Å². The quantitative estimate of drug-likeness (QED) is 0.445. The van der Waals surface area contributed by atoms with Crippen LogP contribution in [0.1, 0.15) is 5.76 Å². The van der Waals surface area contributed by atoms with E-state index in [0.29, 0.717) is 17.3 Å². The summed E-state index contributed by atoms with van der Waals surface area (Å²) in [5, 5.41) is 3.91. The van der Waals surface area contributed by atoms with Crippen LogP contribution in [-0.4, -0.2) is 26.7 Å². The summed E-state index contributed by atoms with van der Waals surface area (Å²) in [7, 11) is 0. The van der Waals surface area contributed by atoms with Crippen molar-refractivity contribution in [2.24, 2.45) is 5.10 Å². The van der Waals surface area contributed by atoms with Gasteiger partial charge in [0.05, 0.1) is 23.5 Å². The second-order valence-electron chi connectivity index (χ2n) is 5.53. The molecule has 3 heterocycles. The highest BCUT2D eigenvalue weighted by atomic mass is 16.3. The number of nitrogens with one attached hydrogen (secondary N) is 1. The first-order valence-corrected chi connectivity index (χ1v) is 8.03. The topological polar surface area (TPSA) is 85.3 Å². The van der Waals surface area contributed by atoms with Crippen molar-refractivity contribution in [2.45, 2.75) is 6.54 Å². The Balaban J connectivity index is 1.61. The van der Waals surface area contributed by atoms with Gasteiger partial charge in [-0.05, 0) is 36.4 Å². The van der Waals surface area contributed by atoms with Crippen LogP contribution in [0.25, 0.3) is 22.6 Å². The monoisotopic (exact) mass is 345 g/mol. The fraction of sp³-hybridized carbons (Fsp3) is 0.0526. The number of para-hydroxylation sites is 2. The molecule has 0 aliphatic carbocycles. The van der Waals surface area contributed by atoms with Crippen LogP contribution >= 0.6 is 0 Å². The van der Waals surface area contributed by atoms with Gasteiger partial charge in [0.15, 0.2) is 5.82 Å². The Labute approximate surface area is 149 Å². The van der Waals surface area contributed by atoms with Crippen molar-refractivity contribution in [2.75, 3.05) is 0 Å². The largest absolute Gasteiger partial charge is 0.463 e. The Kier molecular flexibility index (Phi) is 4.26. The lowest BCUT2D eigenvalue weighted by Gasteiger charge is -2.07. The number of nitrogens with zero attached hydrogens (tertiary/aromatic N) is 4. The van der Waals surface area contributed by atoms with Gasteiger partial charge < -0.3 is 8.98 Å². The zero-order valence-corrected chi connectivity index (χ0v) is 13.7. The van der Waals surface area contributed by atoms with E-state index < -0.39 is 0 Å². The lowest BCUT2D eigenvalue weighted by Crippen LogP contribution is -2.23. The minimum absolute atomic E-state index is 0.0713. The van der Waals surface area contributed by atoms with Gasteiger partial charge >= 0.3 is 0 Å². The molecule has 4 rings (SSSR count). The Morgan fingerprint density at radius 3 is 2.85 bits per heavy atom. The average Bonchev–Trinajstić information content (AvgIpc) is 3.31. The summed E-state index contributed by atoms with van der Waals surface area (Å²) in [5.74, 6) is 0.928. The zero-order valence-electron chi connectivity index (χ0n) is 13.7. The number of fused-ring (bicyclic) bond motifs is 1. The number of aromatic nitrogens is 3. The molecule has 1 amide bonds. The van der Waals surface area contributed by atoms with Crippen LogP contribution in [0, 0.1) is 0 Å². The number of rotatable bonds is 5. The summed E-state index contributed by atoms with van der Waals surface area (Å²) in [6.07, 6.45) is 4.69. The van der Waals surface area contributed by atoms with Gasteiger partial charge in [0, 0.05) is 6.20 Å². The normalized spacial score (nSPS) is 11.2. The molecule has 4 aromatic rings. The van der Waals surface area contributed by atoms with Crippen molar-refractivity contribution in [1.29, 1.82) is 0 Å². The fourth-order valence-corrected chi connectivity index (χ4v) is 2.64. The molecule has 26 heavy (non-hydrogen) atoms. The van der Waals surface area contributed by atoms with Crippen LogP contribution in [-0.2, 0) is 11.3 Å². The molecular weight excluding hydrogens is 330 g/mol. The van der Waals surface area contributed by atoms with E-state index in [-0.39, 0.29) is 12.5 Å². The first kappa shape index (κ1) is 15.8. The Hall–Kier alpha value is -3.74. The molecule has 0 fully saturated rings. The smallest absolute Gasteiger partial charge is 0.260 e. The number of carbonyl (C=O) groups excluding carboxylic acids is 1. The third-order valence-electron chi connectivity index (χ3n) is 3.77. The van der Waals surface area contributed by atoms with Crippen LogP contribution in [0.15, 0.2) is 76.6 Å². The molecule has 0 unspecified atom stereocenters. The molecule has 0 bridgehead atoms. The summed E-state index contributed by atoms with van der Waals surface area (Å²) in [5.41, 5.74) is 4.87. The van der Waals surface area contributed by atoms with Gasteiger partial charge in [-0.25, -0.2) is 10.4 Å². The minimum atomic E-state index is -0.270. The van der Waals surface area contributed by atoms with Crippen LogP contribution in [0.4, 0.5) is 0 Å². The molecule has 0 radical (unpaired) electrons. The maximum Gasteiger partial charge on any atom is 0.260 e. The van der Waals surface area contributed by atoms with Crippen molar-refractivity contribution in [3.8, 4) is 11.5 Å². The van der Waals surface area contributed by atoms with E-state index in [2.05, 4.69) is 20.5 Å². The average molecular weight is 345 g/mol. The molecule has 1 N–H and O–H groups in total. The van der Waals surface area contributed by atoms with Crippen molar-refractivity contribution in [1.82, 2.24) is 20.0 Å². The van der Waals surface area contributed by atoms with Gasteiger partial charge in [0.25, 0.3) is 5.91 Å². The third-order valence-corrected chi connectivity index (χ3v) is 3.77. The number of hydrazone groups is 1. The summed E-state index contributed by atoms with van der Waals surface area (Å²) < 4.78 is 6.96. The number of benzene rings is 1. The first-order valence-electron chi connectivity index (χ1n) is 8.03. The molecule has 128 valence electrons. The summed E-state index contributed by atoms with van der Waals surface area (Å²) in [6.45, 7) is 0.0713. The number of amides is 1. The molecule has 0 saturated heterocycles. The Morgan fingerprint density at radius 1 is 1.15 bits per heavy atom. The summed E-state index contributed by atoms with van der Waals surface area (Å²) >= 11 is 0. The molecule has 7 nitrogen and oxygen atoms in total. The minimum Gasteiger partial charge on any atom is -0.463 e. The van der Waals surface area contributed by atoms with Crippen LogP contribution in [0.5, 0.6) is 0 Å². The number of pyridine rings is 1. The van der Waals surface area contributed by atoms with Gasteiger partial charge in [-0.3, -0.25) is 9.78 Å². The Morgan fingerprint density at radius 2 is 2.04 bits per heavy atom.